The summed E-state index contributed by atoms with van der Waals surface area (Å²) in [6, 6.07) is 4.73. The van der Waals surface area contributed by atoms with E-state index in [4.69, 9.17) is 17.3 Å². The maximum Gasteiger partial charge on any atom is 0.243 e. The minimum Gasteiger partial charge on any atom is -0.326 e. The van der Waals surface area contributed by atoms with E-state index in [1.807, 2.05) is 6.92 Å². The maximum atomic E-state index is 12.5. The van der Waals surface area contributed by atoms with Crippen LogP contribution in [-0.4, -0.2) is 31.9 Å². The Morgan fingerprint density at radius 3 is 2.56 bits per heavy atom. The fraction of sp³-hybridized carbons (Fsp3) is 0.500. The molecule has 2 N–H and O–H groups in total. The average Bonchev–Trinajstić information content (AvgIpc) is 2.59. The van der Waals surface area contributed by atoms with Crippen LogP contribution in [0.5, 0.6) is 0 Å². The first-order valence-corrected chi connectivity index (χ1v) is 7.66. The van der Waals surface area contributed by atoms with Crippen LogP contribution in [0.4, 0.5) is 0 Å². The van der Waals surface area contributed by atoms with Crippen molar-refractivity contribution < 1.29 is 8.42 Å². The van der Waals surface area contributed by atoms with Crippen molar-refractivity contribution in [3.63, 3.8) is 0 Å². The third-order valence-corrected chi connectivity index (χ3v) is 5.62. The fourth-order valence-electron chi connectivity index (χ4n) is 2.18. The number of hydrogen-bond donors (Lipinski definition) is 1. The Kier molecular flexibility index (Phi) is 3.69. The number of benzene rings is 1. The average molecular weight is 289 g/mol. The van der Waals surface area contributed by atoms with Gasteiger partial charge in [0.2, 0.25) is 10.0 Å². The van der Waals surface area contributed by atoms with E-state index in [2.05, 4.69) is 0 Å². The number of halogens is 1. The molecular formula is C12H17ClN2O2S. The number of nitrogens with two attached hydrogens (primary N) is 1. The van der Waals surface area contributed by atoms with Gasteiger partial charge < -0.3 is 5.73 Å². The second-order valence-electron chi connectivity index (χ2n) is 4.87. The summed E-state index contributed by atoms with van der Waals surface area (Å²) < 4.78 is 26.4. The Labute approximate surface area is 113 Å². The van der Waals surface area contributed by atoms with E-state index < -0.39 is 10.0 Å². The van der Waals surface area contributed by atoms with Crippen molar-refractivity contribution in [2.75, 3.05) is 13.1 Å². The SMILES string of the molecule is Cc1cc(Cl)ccc1S(=O)(=O)N1CC(C)C(N)C1. The zero-order chi connectivity index (χ0) is 13.5. The second-order valence-corrected chi connectivity index (χ2v) is 7.22. The van der Waals surface area contributed by atoms with Gasteiger partial charge in [-0.05, 0) is 36.6 Å². The Bertz CT molecular complexity index is 549. The van der Waals surface area contributed by atoms with Crippen molar-refractivity contribution in [3.05, 3.63) is 28.8 Å². The molecular weight excluding hydrogens is 272 g/mol. The molecule has 1 aliphatic heterocycles. The van der Waals surface area contributed by atoms with E-state index in [-0.39, 0.29) is 12.0 Å². The summed E-state index contributed by atoms with van der Waals surface area (Å²) in [5.74, 6) is 0.187. The summed E-state index contributed by atoms with van der Waals surface area (Å²) in [7, 11) is -3.46. The molecule has 4 nitrogen and oxygen atoms in total. The molecule has 0 saturated carbocycles. The summed E-state index contributed by atoms with van der Waals surface area (Å²) >= 11 is 5.84. The highest BCUT2D eigenvalue weighted by Gasteiger charge is 2.35. The quantitative estimate of drug-likeness (QED) is 0.899. The fourth-order valence-corrected chi connectivity index (χ4v) is 4.19. The van der Waals surface area contributed by atoms with Gasteiger partial charge in [-0.25, -0.2) is 8.42 Å². The number of aryl methyl sites for hydroxylation is 1. The van der Waals surface area contributed by atoms with E-state index >= 15 is 0 Å². The number of rotatable bonds is 2. The number of nitrogens with zero attached hydrogens (tertiary/aromatic N) is 1. The standard InChI is InChI=1S/C12H17ClN2O2S/c1-8-5-10(13)3-4-12(8)18(16,17)15-6-9(2)11(14)7-15/h3-5,9,11H,6-7,14H2,1-2H3. The minimum absolute atomic E-state index is 0.0904. The van der Waals surface area contributed by atoms with Gasteiger partial charge in [0, 0.05) is 24.2 Å². The van der Waals surface area contributed by atoms with Crippen LogP contribution < -0.4 is 5.73 Å². The van der Waals surface area contributed by atoms with Gasteiger partial charge in [-0.3, -0.25) is 0 Å². The molecule has 1 fully saturated rings. The molecule has 1 heterocycles. The highest BCUT2D eigenvalue weighted by Crippen LogP contribution is 2.27. The molecule has 18 heavy (non-hydrogen) atoms. The lowest BCUT2D eigenvalue weighted by Gasteiger charge is -2.17. The zero-order valence-corrected chi connectivity index (χ0v) is 12.0. The van der Waals surface area contributed by atoms with E-state index in [0.29, 0.717) is 28.6 Å². The lowest BCUT2D eigenvalue weighted by Crippen LogP contribution is -2.32. The van der Waals surface area contributed by atoms with Crippen molar-refractivity contribution in [1.82, 2.24) is 4.31 Å². The first kappa shape index (κ1) is 13.8. The summed E-state index contributed by atoms with van der Waals surface area (Å²) in [5, 5.41) is 0.540. The smallest absolute Gasteiger partial charge is 0.243 e. The van der Waals surface area contributed by atoms with Gasteiger partial charge in [-0.2, -0.15) is 4.31 Å². The Hall–Kier alpha value is -0.620. The first-order chi connectivity index (χ1) is 8.32. The lowest BCUT2D eigenvalue weighted by atomic mass is 10.1. The summed E-state index contributed by atoms with van der Waals surface area (Å²) in [4.78, 5) is 0.313. The van der Waals surface area contributed by atoms with Crippen molar-refractivity contribution in [1.29, 1.82) is 0 Å². The van der Waals surface area contributed by atoms with Crippen molar-refractivity contribution in [2.24, 2.45) is 11.7 Å². The van der Waals surface area contributed by atoms with Crippen molar-refractivity contribution in [3.8, 4) is 0 Å². The third-order valence-electron chi connectivity index (χ3n) is 3.39. The normalized spacial score (nSPS) is 25.6. The molecule has 0 aliphatic carbocycles. The predicted octanol–water partition coefficient (Wildman–Crippen LogP) is 1.62. The van der Waals surface area contributed by atoms with Crippen molar-refractivity contribution >= 4 is 21.6 Å². The molecule has 2 unspecified atom stereocenters. The van der Waals surface area contributed by atoms with Crippen LogP contribution in [-0.2, 0) is 10.0 Å². The van der Waals surface area contributed by atoms with Crippen LogP contribution in [0, 0.1) is 12.8 Å². The van der Waals surface area contributed by atoms with Crippen LogP contribution >= 0.6 is 11.6 Å². The molecule has 0 radical (unpaired) electrons. The van der Waals surface area contributed by atoms with Gasteiger partial charge in [0.15, 0.2) is 0 Å². The van der Waals surface area contributed by atoms with Gasteiger partial charge >= 0.3 is 0 Å². The van der Waals surface area contributed by atoms with Gasteiger partial charge in [-0.1, -0.05) is 18.5 Å². The zero-order valence-electron chi connectivity index (χ0n) is 10.4. The maximum absolute atomic E-state index is 12.5. The molecule has 0 bridgehead atoms. The Morgan fingerprint density at radius 1 is 1.39 bits per heavy atom. The van der Waals surface area contributed by atoms with E-state index in [1.165, 1.54) is 4.31 Å². The molecule has 2 rings (SSSR count). The van der Waals surface area contributed by atoms with E-state index in [0.717, 1.165) is 0 Å². The van der Waals surface area contributed by atoms with Gasteiger partial charge in [0.1, 0.15) is 0 Å². The van der Waals surface area contributed by atoms with Gasteiger partial charge in [0.05, 0.1) is 4.90 Å². The van der Waals surface area contributed by atoms with Crippen LogP contribution in [0.2, 0.25) is 5.02 Å². The summed E-state index contributed by atoms with van der Waals surface area (Å²) in [5.41, 5.74) is 6.54. The molecule has 0 spiro atoms. The molecule has 0 aromatic heterocycles. The molecule has 100 valence electrons. The van der Waals surface area contributed by atoms with Crippen molar-refractivity contribution in [2.45, 2.75) is 24.8 Å². The molecule has 1 aromatic rings. The van der Waals surface area contributed by atoms with Crippen LogP contribution in [0.15, 0.2) is 23.1 Å². The lowest BCUT2D eigenvalue weighted by molar-refractivity contribution is 0.464. The topological polar surface area (TPSA) is 63.4 Å². The third kappa shape index (κ3) is 2.40. The minimum atomic E-state index is -3.46. The molecule has 1 aliphatic rings. The highest BCUT2D eigenvalue weighted by molar-refractivity contribution is 7.89. The molecule has 1 aromatic carbocycles. The highest BCUT2D eigenvalue weighted by atomic mass is 35.5. The molecule has 1 saturated heterocycles. The largest absolute Gasteiger partial charge is 0.326 e. The van der Waals surface area contributed by atoms with Crippen LogP contribution in [0.3, 0.4) is 0 Å². The van der Waals surface area contributed by atoms with E-state index in [9.17, 15) is 8.42 Å². The monoisotopic (exact) mass is 288 g/mol. The number of hydrogen-bond acceptors (Lipinski definition) is 3. The summed E-state index contributed by atoms with van der Waals surface area (Å²) in [6.07, 6.45) is 0. The van der Waals surface area contributed by atoms with Crippen LogP contribution in [0.1, 0.15) is 12.5 Å². The molecule has 0 amide bonds. The molecule has 6 heteroatoms. The summed E-state index contributed by atoms with van der Waals surface area (Å²) in [6.45, 7) is 4.57. The first-order valence-electron chi connectivity index (χ1n) is 5.84. The second kappa shape index (κ2) is 4.81. The van der Waals surface area contributed by atoms with Gasteiger partial charge in [0.25, 0.3) is 0 Å². The predicted molar refractivity (Wildman–Crippen MR) is 72.1 cm³/mol. The molecule has 2 atom stereocenters. The van der Waals surface area contributed by atoms with Crippen LogP contribution in [0.25, 0.3) is 0 Å². The van der Waals surface area contributed by atoms with Gasteiger partial charge in [-0.15, -0.1) is 0 Å². The Morgan fingerprint density at radius 2 is 2.06 bits per heavy atom. The van der Waals surface area contributed by atoms with E-state index in [1.54, 1.807) is 25.1 Å². The number of sulfonamides is 1. The Balaban J connectivity index is 2.37.